The summed E-state index contributed by atoms with van der Waals surface area (Å²) in [7, 11) is 0. The van der Waals surface area contributed by atoms with Gasteiger partial charge in [-0.3, -0.25) is 4.79 Å². The second-order valence-corrected chi connectivity index (χ2v) is 3.97. The maximum atomic E-state index is 11.1. The lowest BCUT2D eigenvalue weighted by atomic mass is 9.99. The zero-order valence-corrected chi connectivity index (χ0v) is 8.68. The number of aliphatic imine (C=N–C) groups is 1. The van der Waals surface area contributed by atoms with Gasteiger partial charge in [0.1, 0.15) is 11.5 Å². The van der Waals surface area contributed by atoms with Crippen molar-refractivity contribution in [2.24, 2.45) is 10.7 Å². The number of allylic oxidation sites excluding steroid dienone is 4. The Balaban J connectivity index is 2.14. The molecule has 0 aromatic rings. The number of primary amides is 1. The van der Waals surface area contributed by atoms with Gasteiger partial charge < -0.3 is 10.6 Å². The van der Waals surface area contributed by atoms with Crippen molar-refractivity contribution in [1.29, 1.82) is 0 Å². The van der Waals surface area contributed by atoms with Crippen molar-refractivity contribution >= 4 is 11.6 Å². The van der Waals surface area contributed by atoms with Gasteiger partial charge in [0.25, 0.3) is 5.91 Å². The zero-order valence-electron chi connectivity index (χ0n) is 8.68. The Morgan fingerprint density at radius 3 is 2.88 bits per heavy atom. The summed E-state index contributed by atoms with van der Waals surface area (Å²) in [5.41, 5.74) is 7.98. The second kappa shape index (κ2) is 3.20. The summed E-state index contributed by atoms with van der Waals surface area (Å²) < 4.78 is 0. The minimum absolute atomic E-state index is 0.316. The van der Waals surface area contributed by atoms with E-state index >= 15 is 0 Å². The standard InChI is InChI=1S/C12H11N3O/c13-11(16)10-5-6-15-7-8-1-3-9(4-2-8)12(15)14-10/h1,3,5-7H,2,4H2,(H2,13,16). The van der Waals surface area contributed by atoms with Crippen LogP contribution in [0.3, 0.4) is 0 Å². The van der Waals surface area contributed by atoms with Crippen molar-refractivity contribution in [2.75, 3.05) is 0 Å². The average Bonchev–Trinajstić information content (AvgIpc) is 2.57. The van der Waals surface area contributed by atoms with E-state index < -0.39 is 5.91 Å². The molecule has 4 aliphatic rings. The molecule has 16 heavy (non-hydrogen) atoms. The van der Waals surface area contributed by atoms with E-state index in [2.05, 4.69) is 17.1 Å². The molecule has 4 heteroatoms. The van der Waals surface area contributed by atoms with Gasteiger partial charge >= 0.3 is 0 Å². The van der Waals surface area contributed by atoms with Crippen LogP contribution in [0.15, 0.2) is 52.6 Å². The predicted octanol–water partition coefficient (Wildman–Crippen LogP) is 1.20. The molecule has 0 radical (unpaired) electrons. The topological polar surface area (TPSA) is 58.7 Å². The maximum Gasteiger partial charge on any atom is 0.267 e. The van der Waals surface area contributed by atoms with Crippen LogP contribution in [-0.2, 0) is 4.79 Å². The second-order valence-electron chi connectivity index (χ2n) is 3.97. The molecule has 3 aliphatic heterocycles. The third-order valence-corrected chi connectivity index (χ3v) is 2.89. The summed E-state index contributed by atoms with van der Waals surface area (Å²) in [5, 5.41) is 0. The minimum atomic E-state index is -0.487. The van der Waals surface area contributed by atoms with Crippen LogP contribution >= 0.6 is 0 Å². The average molecular weight is 213 g/mol. The molecule has 2 bridgehead atoms. The van der Waals surface area contributed by atoms with Crippen LogP contribution < -0.4 is 5.73 Å². The Morgan fingerprint density at radius 2 is 2.19 bits per heavy atom. The fourth-order valence-electron chi connectivity index (χ4n) is 2.04. The molecule has 1 aliphatic carbocycles. The maximum absolute atomic E-state index is 11.1. The van der Waals surface area contributed by atoms with Gasteiger partial charge in [0, 0.05) is 12.4 Å². The molecule has 4 nitrogen and oxygen atoms in total. The third kappa shape index (κ3) is 1.31. The molecule has 0 saturated carbocycles. The molecule has 1 amide bonds. The summed E-state index contributed by atoms with van der Waals surface area (Å²) in [5.74, 6) is 0.333. The van der Waals surface area contributed by atoms with E-state index in [1.165, 1.54) is 5.57 Å². The third-order valence-electron chi connectivity index (χ3n) is 2.89. The molecule has 0 saturated heterocycles. The highest BCUT2D eigenvalue weighted by Crippen LogP contribution is 2.32. The Labute approximate surface area is 93.1 Å². The molecule has 80 valence electrons. The summed E-state index contributed by atoms with van der Waals surface area (Å²) in [4.78, 5) is 17.3. The van der Waals surface area contributed by atoms with Crippen molar-refractivity contribution in [3.63, 3.8) is 0 Å². The highest BCUT2D eigenvalue weighted by Gasteiger charge is 2.21. The van der Waals surface area contributed by atoms with Gasteiger partial charge in [0.15, 0.2) is 0 Å². The summed E-state index contributed by atoms with van der Waals surface area (Å²) in [6.45, 7) is 0. The van der Waals surface area contributed by atoms with Crippen LogP contribution in [0.4, 0.5) is 0 Å². The van der Waals surface area contributed by atoms with Gasteiger partial charge in [-0.15, -0.1) is 0 Å². The van der Waals surface area contributed by atoms with E-state index in [4.69, 9.17) is 5.73 Å². The molecule has 0 aromatic heterocycles. The van der Waals surface area contributed by atoms with E-state index in [0.717, 1.165) is 24.2 Å². The molecule has 4 rings (SSSR count). The minimum Gasteiger partial charge on any atom is -0.364 e. The predicted molar refractivity (Wildman–Crippen MR) is 61.1 cm³/mol. The van der Waals surface area contributed by atoms with Gasteiger partial charge in [0.05, 0.1) is 0 Å². The van der Waals surface area contributed by atoms with Crippen LogP contribution in [0.2, 0.25) is 0 Å². The molecule has 0 fully saturated rings. The Morgan fingerprint density at radius 1 is 1.31 bits per heavy atom. The van der Waals surface area contributed by atoms with Crippen molar-refractivity contribution in [3.05, 3.63) is 47.6 Å². The van der Waals surface area contributed by atoms with E-state index in [1.807, 2.05) is 17.3 Å². The first-order valence-corrected chi connectivity index (χ1v) is 5.21. The first-order valence-electron chi connectivity index (χ1n) is 5.21. The number of rotatable bonds is 1. The lowest BCUT2D eigenvalue weighted by molar-refractivity contribution is -0.111. The molecule has 0 unspecified atom stereocenters. The first kappa shape index (κ1) is 9.15. The number of hydrogen-bond donors (Lipinski definition) is 1. The van der Waals surface area contributed by atoms with Crippen molar-refractivity contribution in [1.82, 2.24) is 4.90 Å². The monoisotopic (exact) mass is 213 g/mol. The van der Waals surface area contributed by atoms with Crippen LogP contribution in [0.1, 0.15) is 12.8 Å². The number of nitrogens with two attached hydrogens (primary N) is 1. The van der Waals surface area contributed by atoms with Gasteiger partial charge in [-0.05, 0) is 30.1 Å². The van der Waals surface area contributed by atoms with Crippen molar-refractivity contribution in [2.45, 2.75) is 12.8 Å². The smallest absolute Gasteiger partial charge is 0.267 e. The molecule has 3 heterocycles. The highest BCUT2D eigenvalue weighted by atomic mass is 16.1. The Kier molecular flexibility index (Phi) is 1.83. The molecular formula is C12H11N3O. The van der Waals surface area contributed by atoms with E-state index in [9.17, 15) is 4.79 Å². The number of nitrogens with zero attached hydrogens (tertiary/aromatic N) is 2. The molecule has 2 N–H and O–H groups in total. The first-order chi connectivity index (χ1) is 7.74. The van der Waals surface area contributed by atoms with Gasteiger partial charge in [-0.25, -0.2) is 4.99 Å². The molecule has 0 spiro atoms. The fourth-order valence-corrected chi connectivity index (χ4v) is 2.04. The van der Waals surface area contributed by atoms with E-state index in [0.29, 0.717) is 5.71 Å². The van der Waals surface area contributed by atoms with Crippen LogP contribution in [0, 0.1) is 0 Å². The Hall–Kier alpha value is -2.10. The van der Waals surface area contributed by atoms with E-state index in [-0.39, 0.29) is 0 Å². The number of fused-ring (bicyclic) bond motifs is 1. The molecule has 0 atom stereocenters. The number of amides is 1. The van der Waals surface area contributed by atoms with Crippen LogP contribution in [-0.4, -0.2) is 16.5 Å². The number of carbonyl (C=O) groups is 1. The fraction of sp³-hybridized carbons (Fsp3) is 0.167. The SMILES string of the molecule is NC(=O)C1=NC2=C3C=CC(=CN2C=C1)CC3. The molecular weight excluding hydrogens is 202 g/mol. The highest BCUT2D eigenvalue weighted by molar-refractivity contribution is 6.43. The summed E-state index contributed by atoms with van der Waals surface area (Å²) >= 11 is 0. The normalized spacial score (nSPS) is 21.6. The van der Waals surface area contributed by atoms with Crippen molar-refractivity contribution in [3.8, 4) is 0 Å². The van der Waals surface area contributed by atoms with Crippen molar-refractivity contribution < 1.29 is 4.79 Å². The number of carbonyl (C=O) groups excluding carboxylic acids is 1. The summed E-state index contributed by atoms with van der Waals surface area (Å²) in [6, 6.07) is 0. The quantitative estimate of drug-likeness (QED) is 0.711. The number of hydrogen-bond acceptors (Lipinski definition) is 3. The van der Waals surface area contributed by atoms with Gasteiger partial charge in [-0.1, -0.05) is 12.2 Å². The van der Waals surface area contributed by atoms with Crippen LogP contribution in [0.5, 0.6) is 0 Å². The van der Waals surface area contributed by atoms with Gasteiger partial charge in [0.2, 0.25) is 0 Å². The van der Waals surface area contributed by atoms with E-state index in [1.54, 1.807) is 6.08 Å². The van der Waals surface area contributed by atoms with Gasteiger partial charge in [-0.2, -0.15) is 0 Å². The zero-order chi connectivity index (χ0) is 11.1. The van der Waals surface area contributed by atoms with Crippen LogP contribution in [0.25, 0.3) is 0 Å². The lowest BCUT2D eigenvalue weighted by Crippen LogP contribution is -2.26. The largest absolute Gasteiger partial charge is 0.364 e. The molecule has 0 aromatic carbocycles. The lowest BCUT2D eigenvalue weighted by Gasteiger charge is -2.20. The summed E-state index contributed by atoms with van der Waals surface area (Å²) in [6.07, 6.45) is 11.7. The Bertz CT molecular complexity index is 520.